The van der Waals surface area contributed by atoms with Crippen LogP contribution in [0.1, 0.15) is 21.9 Å². The fraction of sp³-hybridized carbons (Fsp3) is 0.172. The monoisotopic (exact) mass is 741 g/mol. The van der Waals surface area contributed by atoms with E-state index in [1.165, 1.54) is 12.1 Å². The van der Waals surface area contributed by atoms with Gasteiger partial charge >= 0.3 is 11.0 Å². The molecule has 3 amide bonds. The Morgan fingerprint density at radius 2 is 1.66 bits per heavy atom. The largest absolute Gasteiger partial charge is 0.418 e. The highest BCUT2D eigenvalue weighted by Gasteiger charge is 2.57. The van der Waals surface area contributed by atoms with Crippen LogP contribution < -0.4 is 15.1 Å². The van der Waals surface area contributed by atoms with Crippen LogP contribution >= 0.6 is 62.2 Å². The van der Waals surface area contributed by atoms with Crippen molar-refractivity contribution in [3.05, 3.63) is 107 Å². The van der Waals surface area contributed by atoms with Crippen molar-refractivity contribution >= 4 is 91.3 Å². The third kappa shape index (κ3) is 5.38. The smallest absolute Gasteiger partial charge is 0.324 e. The van der Waals surface area contributed by atoms with Crippen molar-refractivity contribution in [1.29, 1.82) is 0 Å². The van der Waals surface area contributed by atoms with Gasteiger partial charge in [-0.25, -0.2) is 4.90 Å². The van der Waals surface area contributed by atoms with Gasteiger partial charge in [0.15, 0.2) is 0 Å². The third-order valence-corrected chi connectivity index (χ3v) is 11.2. The van der Waals surface area contributed by atoms with Crippen LogP contribution in [0.2, 0.25) is 10.0 Å². The molecule has 44 heavy (non-hydrogen) atoms. The highest BCUT2D eigenvalue weighted by molar-refractivity contribution is 9.10. The third-order valence-electron chi connectivity index (χ3n) is 7.26. The van der Waals surface area contributed by atoms with Crippen molar-refractivity contribution in [3.8, 4) is 0 Å². The number of amides is 3. The highest BCUT2D eigenvalue weighted by atomic mass is 79.9. The second kappa shape index (κ2) is 11.7. The first-order valence-electron chi connectivity index (χ1n) is 12.8. The summed E-state index contributed by atoms with van der Waals surface area (Å²) in [5.41, 5.74) is -0.715. The molecule has 3 aromatic carbocycles. The number of aromatic nitrogens is 1. The average Bonchev–Trinajstić information content (AvgIpc) is 3.41. The van der Waals surface area contributed by atoms with Crippen molar-refractivity contribution in [1.82, 2.24) is 4.57 Å². The number of rotatable bonds is 5. The molecule has 1 N–H and O–H groups in total. The zero-order chi connectivity index (χ0) is 31.5. The van der Waals surface area contributed by atoms with Crippen molar-refractivity contribution in [2.45, 2.75) is 28.9 Å². The number of imide groups is 1. The van der Waals surface area contributed by atoms with E-state index in [0.717, 1.165) is 49.2 Å². The first-order valence-corrected chi connectivity index (χ1v) is 16.0. The van der Waals surface area contributed by atoms with Gasteiger partial charge in [-0.15, -0.1) is 0 Å². The molecule has 6 rings (SSSR count). The second-order valence-corrected chi connectivity index (χ2v) is 13.7. The van der Waals surface area contributed by atoms with Gasteiger partial charge in [-0.3, -0.25) is 23.7 Å². The van der Waals surface area contributed by atoms with E-state index in [2.05, 4.69) is 21.2 Å². The van der Waals surface area contributed by atoms with Gasteiger partial charge in [-0.1, -0.05) is 86.5 Å². The lowest BCUT2D eigenvalue weighted by Gasteiger charge is -2.31. The first-order chi connectivity index (χ1) is 20.9. The van der Waals surface area contributed by atoms with Crippen LogP contribution in [0.3, 0.4) is 0 Å². The lowest BCUT2D eigenvalue weighted by molar-refractivity contribution is -0.137. The number of hydrogen-bond donors (Lipinski definition) is 1. The van der Waals surface area contributed by atoms with E-state index >= 15 is 0 Å². The van der Waals surface area contributed by atoms with E-state index in [4.69, 9.17) is 23.2 Å². The Kier molecular flexibility index (Phi) is 8.20. The summed E-state index contributed by atoms with van der Waals surface area (Å²) in [5.74, 6) is -3.72. The second-order valence-electron chi connectivity index (χ2n) is 9.89. The Balaban J connectivity index is 1.42. The molecular formula is C29H17BrCl2F3N3O4S2. The number of carbonyl (C=O) groups is 3. The maximum Gasteiger partial charge on any atom is 0.418 e. The molecule has 1 fully saturated rings. The van der Waals surface area contributed by atoms with Gasteiger partial charge in [0.2, 0.25) is 17.7 Å². The average molecular weight is 743 g/mol. The highest BCUT2D eigenvalue weighted by Crippen LogP contribution is 2.55. The van der Waals surface area contributed by atoms with E-state index in [-0.39, 0.29) is 15.1 Å². The molecule has 1 aromatic heterocycles. The number of nitrogens with one attached hydrogen (secondary N) is 1. The summed E-state index contributed by atoms with van der Waals surface area (Å²) in [6, 6.07) is 16.0. The van der Waals surface area contributed by atoms with Crippen LogP contribution in [0.25, 0.3) is 0 Å². The zero-order valence-corrected chi connectivity index (χ0v) is 26.6. The molecule has 0 radical (unpaired) electrons. The number of thioether (sulfide) groups is 1. The standard InChI is InChI=1S/C29H17BrCl2F3N3O4S2/c30-13-8-10-14(11-9-13)38-25(40)21-20(15-4-3-6-17(31)22(15)32)24-27(43-23(21)26(38)41)37(28(42)44-24)12-19(39)36-18-7-2-1-5-16(18)29(33,34)35/h1-11,20-21,23H,12H2,(H,36,39). The Bertz CT molecular complexity index is 1900. The van der Waals surface area contributed by atoms with Crippen LogP contribution in [-0.4, -0.2) is 27.5 Å². The number of hydrogen-bond acceptors (Lipinski definition) is 6. The number of para-hydroxylation sites is 1. The van der Waals surface area contributed by atoms with Crippen LogP contribution in [0, 0.1) is 5.92 Å². The minimum absolute atomic E-state index is 0.145. The first kappa shape index (κ1) is 30.9. The SMILES string of the molecule is O=C(Cn1c2c(sc1=O)C(c1cccc(Cl)c1Cl)C1C(=O)N(c3ccc(Br)cc3)C(=O)C1S2)Nc1ccccc1C(F)(F)F. The van der Waals surface area contributed by atoms with Crippen molar-refractivity contribution in [3.63, 3.8) is 0 Å². The molecule has 2 aliphatic rings. The topological polar surface area (TPSA) is 88.5 Å². The summed E-state index contributed by atoms with van der Waals surface area (Å²) in [7, 11) is 0. The minimum Gasteiger partial charge on any atom is -0.324 e. The van der Waals surface area contributed by atoms with Crippen LogP contribution in [0.5, 0.6) is 0 Å². The van der Waals surface area contributed by atoms with Crippen molar-refractivity contribution in [2.75, 3.05) is 10.2 Å². The molecule has 226 valence electrons. The Morgan fingerprint density at radius 3 is 2.36 bits per heavy atom. The summed E-state index contributed by atoms with van der Waals surface area (Å²) >= 11 is 18.0. The number of thiazole rings is 1. The molecule has 0 bridgehead atoms. The predicted molar refractivity (Wildman–Crippen MR) is 167 cm³/mol. The lowest BCUT2D eigenvalue weighted by atomic mass is 9.83. The molecule has 3 unspecified atom stereocenters. The Morgan fingerprint density at radius 1 is 0.955 bits per heavy atom. The summed E-state index contributed by atoms with van der Waals surface area (Å²) in [6.07, 6.45) is -4.72. The van der Waals surface area contributed by atoms with Crippen LogP contribution in [0.4, 0.5) is 24.5 Å². The lowest BCUT2D eigenvalue weighted by Crippen LogP contribution is -2.33. The maximum absolute atomic E-state index is 14.0. The molecule has 2 aliphatic heterocycles. The summed E-state index contributed by atoms with van der Waals surface area (Å²) < 4.78 is 42.4. The van der Waals surface area contributed by atoms with Crippen molar-refractivity contribution < 1.29 is 27.6 Å². The molecule has 0 spiro atoms. The molecule has 4 aromatic rings. The van der Waals surface area contributed by atoms with Gasteiger partial charge in [-0.2, -0.15) is 13.2 Å². The van der Waals surface area contributed by atoms with E-state index in [0.29, 0.717) is 16.1 Å². The van der Waals surface area contributed by atoms with Gasteiger partial charge in [-0.05, 0) is 48.0 Å². The molecule has 3 atom stereocenters. The van der Waals surface area contributed by atoms with E-state index < -0.39 is 63.7 Å². The van der Waals surface area contributed by atoms with Crippen molar-refractivity contribution in [2.24, 2.45) is 5.92 Å². The van der Waals surface area contributed by atoms with Gasteiger partial charge in [0.25, 0.3) is 0 Å². The number of carbonyl (C=O) groups excluding carboxylic acids is 3. The van der Waals surface area contributed by atoms with Crippen LogP contribution in [0.15, 0.2) is 81.0 Å². The van der Waals surface area contributed by atoms with Gasteiger partial charge in [0.05, 0.1) is 37.9 Å². The molecule has 15 heteroatoms. The summed E-state index contributed by atoms with van der Waals surface area (Å²) in [4.78, 5) is 55.1. The van der Waals surface area contributed by atoms with Crippen LogP contribution in [-0.2, 0) is 27.1 Å². The van der Waals surface area contributed by atoms with E-state index in [9.17, 15) is 32.3 Å². The number of anilines is 2. The fourth-order valence-corrected chi connectivity index (χ4v) is 8.82. The van der Waals surface area contributed by atoms with Gasteiger partial charge in [0, 0.05) is 15.3 Å². The molecule has 1 saturated heterocycles. The Labute approximate surface area is 274 Å². The number of alkyl halides is 3. The number of fused-ring (bicyclic) bond motifs is 2. The quantitative estimate of drug-likeness (QED) is 0.215. The van der Waals surface area contributed by atoms with E-state index in [1.54, 1.807) is 42.5 Å². The number of benzene rings is 3. The predicted octanol–water partition coefficient (Wildman–Crippen LogP) is 7.43. The summed E-state index contributed by atoms with van der Waals surface area (Å²) in [6.45, 7) is -0.629. The zero-order valence-electron chi connectivity index (χ0n) is 21.9. The minimum atomic E-state index is -4.72. The molecule has 3 heterocycles. The molecule has 7 nitrogen and oxygen atoms in total. The van der Waals surface area contributed by atoms with E-state index in [1.807, 2.05) is 0 Å². The maximum atomic E-state index is 14.0. The molecular weight excluding hydrogens is 726 g/mol. The summed E-state index contributed by atoms with van der Waals surface area (Å²) in [5, 5.41) is 1.86. The number of nitrogens with zero attached hydrogens (tertiary/aromatic N) is 2. The Hall–Kier alpha value is -3.10. The molecule has 0 aliphatic carbocycles. The fourth-order valence-electron chi connectivity index (χ4n) is 5.37. The number of halogens is 6. The van der Waals surface area contributed by atoms with Gasteiger partial charge in [0.1, 0.15) is 11.8 Å². The molecule has 0 saturated carbocycles. The van der Waals surface area contributed by atoms with Gasteiger partial charge < -0.3 is 5.32 Å². The normalized spacial score (nSPS) is 19.6.